The van der Waals surface area contributed by atoms with Crippen LogP contribution in [0.15, 0.2) is 17.0 Å². The molecule has 0 heterocycles. The van der Waals surface area contributed by atoms with E-state index in [1.54, 1.807) is 6.92 Å². The van der Waals surface area contributed by atoms with E-state index in [0.717, 1.165) is 4.90 Å². The lowest BCUT2D eigenvalue weighted by molar-refractivity contribution is 0.618. The van der Waals surface area contributed by atoms with Crippen molar-refractivity contribution < 1.29 is 4.39 Å². The zero-order chi connectivity index (χ0) is 10.8. The Morgan fingerprint density at radius 2 is 2.00 bits per heavy atom. The molecule has 1 saturated carbocycles. The number of aryl methyl sites for hydroxylation is 1. The van der Waals surface area contributed by atoms with Crippen molar-refractivity contribution in [3.63, 3.8) is 0 Å². The van der Waals surface area contributed by atoms with E-state index in [2.05, 4.69) is 0 Å². The Labute approximate surface area is 94.2 Å². The monoisotopic (exact) mass is 225 g/mol. The van der Waals surface area contributed by atoms with Crippen LogP contribution in [0.4, 0.5) is 10.1 Å². The molecular formula is C12H16FNS. The molecular weight excluding hydrogens is 209 g/mol. The van der Waals surface area contributed by atoms with Crippen LogP contribution in [-0.4, -0.2) is 5.25 Å². The van der Waals surface area contributed by atoms with Crippen molar-refractivity contribution in [2.24, 2.45) is 0 Å². The summed E-state index contributed by atoms with van der Waals surface area (Å²) in [6.45, 7) is 1.79. The predicted molar refractivity (Wildman–Crippen MR) is 63.7 cm³/mol. The average molecular weight is 225 g/mol. The minimum absolute atomic E-state index is 0.205. The SMILES string of the molecule is Cc1cc(SC2CCCC2)c(N)cc1F. The number of hydrogen-bond acceptors (Lipinski definition) is 2. The molecule has 0 unspecified atom stereocenters. The maximum atomic E-state index is 13.2. The van der Waals surface area contributed by atoms with Gasteiger partial charge in [-0.1, -0.05) is 12.8 Å². The summed E-state index contributed by atoms with van der Waals surface area (Å²) >= 11 is 1.81. The molecule has 0 atom stereocenters. The second kappa shape index (κ2) is 4.44. The standard InChI is InChI=1S/C12H16FNS/c1-8-6-12(11(14)7-10(8)13)15-9-4-2-3-5-9/h6-7,9H,2-5,14H2,1H3. The van der Waals surface area contributed by atoms with Gasteiger partial charge in [0, 0.05) is 15.8 Å². The molecule has 0 aromatic heterocycles. The van der Waals surface area contributed by atoms with Crippen molar-refractivity contribution >= 4 is 17.4 Å². The minimum atomic E-state index is -0.205. The van der Waals surface area contributed by atoms with E-state index < -0.39 is 0 Å². The van der Waals surface area contributed by atoms with Crippen LogP contribution >= 0.6 is 11.8 Å². The fraction of sp³-hybridized carbons (Fsp3) is 0.500. The van der Waals surface area contributed by atoms with Crippen molar-refractivity contribution in [2.45, 2.75) is 42.8 Å². The van der Waals surface area contributed by atoms with Gasteiger partial charge in [-0.25, -0.2) is 4.39 Å². The fourth-order valence-corrected chi connectivity index (χ4v) is 3.33. The first kappa shape index (κ1) is 10.8. The van der Waals surface area contributed by atoms with Gasteiger partial charge in [-0.3, -0.25) is 0 Å². The number of anilines is 1. The van der Waals surface area contributed by atoms with Gasteiger partial charge in [-0.2, -0.15) is 0 Å². The number of benzene rings is 1. The third-order valence-electron chi connectivity index (χ3n) is 2.89. The summed E-state index contributed by atoms with van der Waals surface area (Å²) in [5, 5.41) is 0.678. The Balaban J connectivity index is 2.16. The molecule has 1 aliphatic carbocycles. The Hall–Kier alpha value is -0.700. The second-order valence-corrected chi connectivity index (χ2v) is 5.51. The van der Waals surface area contributed by atoms with Gasteiger partial charge >= 0.3 is 0 Å². The molecule has 0 bridgehead atoms. The van der Waals surface area contributed by atoms with Crippen molar-refractivity contribution in [1.82, 2.24) is 0 Å². The lowest BCUT2D eigenvalue weighted by Gasteiger charge is -2.12. The third-order valence-corrected chi connectivity index (χ3v) is 4.30. The molecule has 1 fully saturated rings. The lowest BCUT2D eigenvalue weighted by Crippen LogP contribution is -1.98. The molecule has 3 heteroatoms. The first-order valence-corrected chi connectivity index (χ1v) is 6.27. The van der Waals surface area contributed by atoms with Crippen LogP contribution < -0.4 is 5.73 Å². The molecule has 0 radical (unpaired) electrons. The van der Waals surface area contributed by atoms with Gasteiger partial charge in [0.2, 0.25) is 0 Å². The van der Waals surface area contributed by atoms with Crippen LogP contribution in [0.5, 0.6) is 0 Å². The maximum absolute atomic E-state index is 13.2. The van der Waals surface area contributed by atoms with E-state index in [1.807, 2.05) is 17.8 Å². The number of nitrogen functional groups attached to an aromatic ring is 1. The van der Waals surface area contributed by atoms with Crippen LogP contribution in [0.25, 0.3) is 0 Å². The molecule has 1 aromatic rings. The Morgan fingerprint density at radius 3 is 2.67 bits per heavy atom. The molecule has 1 aliphatic rings. The van der Waals surface area contributed by atoms with E-state index in [4.69, 9.17) is 5.73 Å². The Morgan fingerprint density at radius 1 is 1.33 bits per heavy atom. The van der Waals surface area contributed by atoms with Crippen LogP contribution in [-0.2, 0) is 0 Å². The first-order valence-electron chi connectivity index (χ1n) is 5.39. The fourth-order valence-electron chi connectivity index (χ4n) is 1.96. The van der Waals surface area contributed by atoms with Gasteiger partial charge in [-0.15, -0.1) is 11.8 Å². The second-order valence-electron chi connectivity index (χ2n) is 4.16. The van der Waals surface area contributed by atoms with Gasteiger partial charge < -0.3 is 5.73 Å². The molecule has 2 N–H and O–H groups in total. The van der Waals surface area contributed by atoms with E-state index in [0.29, 0.717) is 16.5 Å². The molecule has 0 amide bonds. The van der Waals surface area contributed by atoms with E-state index in [9.17, 15) is 4.39 Å². The molecule has 15 heavy (non-hydrogen) atoms. The van der Waals surface area contributed by atoms with Crippen LogP contribution in [0.3, 0.4) is 0 Å². The molecule has 1 nitrogen and oxygen atoms in total. The molecule has 0 aliphatic heterocycles. The first-order chi connectivity index (χ1) is 7.16. The van der Waals surface area contributed by atoms with Crippen LogP contribution in [0.2, 0.25) is 0 Å². The summed E-state index contributed by atoms with van der Waals surface area (Å²) in [6.07, 6.45) is 5.16. The molecule has 0 saturated heterocycles. The Bertz CT molecular complexity index is 359. The van der Waals surface area contributed by atoms with Crippen molar-refractivity contribution in [2.75, 3.05) is 5.73 Å². The molecule has 1 aromatic carbocycles. The number of thioether (sulfide) groups is 1. The lowest BCUT2D eigenvalue weighted by atomic mass is 10.2. The summed E-state index contributed by atoms with van der Waals surface area (Å²) in [5.74, 6) is -0.205. The van der Waals surface area contributed by atoms with E-state index in [1.165, 1.54) is 31.7 Å². The number of nitrogens with two attached hydrogens (primary N) is 1. The molecule has 0 spiro atoms. The van der Waals surface area contributed by atoms with Gasteiger partial charge in [0.25, 0.3) is 0 Å². The number of rotatable bonds is 2. The summed E-state index contributed by atoms with van der Waals surface area (Å²) in [7, 11) is 0. The van der Waals surface area contributed by atoms with Crippen LogP contribution in [0.1, 0.15) is 31.2 Å². The number of hydrogen-bond donors (Lipinski definition) is 1. The average Bonchev–Trinajstić information content (AvgIpc) is 2.67. The van der Waals surface area contributed by atoms with Crippen LogP contribution in [0, 0.1) is 12.7 Å². The number of halogens is 1. The highest BCUT2D eigenvalue weighted by molar-refractivity contribution is 8.00. The van der Waals surface area contributed by atoms with Gasteiger partial charge in [-0.05, 0) is 37.5 Å². The third kappa shape index (κ3) is 2.46. The summed E-state index contributed by atoms with van der Waals surface area (Å²) in [5.41, 5.74) is 7.07. The predicted octanol–water partition coefficient (Wildman–Crippen LogP) is 3.75. The Kier molecular flexibility index (Phi) is 3.19. The molecule has 2 rings (SSSR count). The minimum Gasteiger partial charge on any atom is -0.398 e. The van der Waals surface area contributed by atoms with Gasteiger partial charge in [0.05, 0.1) is 0 Å². The normalized spacial score (nSPS) is 17.2. The highest BCUT2D eigenvalue weighted by atomic mass is 32.2. The summed E-state index contributed by atoms with van der Waals surface area (Å²) < 4.78 is 13.2. The van der Waals surface area contributed by atoms with Crippen molar-refractivity contribution in [3.8, 4) is 0 Å². The topological polar surface area (TPSA) is 26.0 Å². The summed E-state index contributed by atoms with van der Waals surface area (Å²) in [4.78, 5) is 1.04. The zero-order valence-electron chi connectivity index (χ0n) is 8.92. The van der Waals surface area contributed by atoms with Gasteiger partial charge in [0.1, 0.15) is 5.82 Å². The van der Waals surface area contributed by atoms with Crippen molar-refractivity contribution in [3.05, 3.63) is 23.5 Å². The zero-order valence-corrected chi connectivity index (χ0v) is 9.74. The van der Waals surface area contributed by atoms with Gasteiger partial charge in [0.15, 0.2) is 0 Å². The van der Waals surface area contributed by atoms with E-state index >= 15 is 0 Å². The maximum Gasteiger partial charge on any atom is 0.128 e. The quantitative estimate of drug-likeness (QED) is 0.776. The smallest absolute Gasteiger partial charge is 0.128 e. The van der Waals surface area contributed by atoms with E-state index in [-0.39, 0.29) is 5.82 Å². The largest absolute Gasteiger partial charge is 0.398 e. The highest BCUT2D eigenvalue weighted by Gasteiger charge is 2.17. The summed E-state index contributed by atoms with van der Waals surface area (Å²) in [6, 6.07) is 3.31. The highest BCUT2D eigenvalue weighted by Crippen LogP contribution is 2.37. The molecule has 82 valence electrons. The van der Waals surface area contributed by atoms with Crippen molar-refractivity contribution in [1.29, 1.82) is 0 Å².